The summed E-state index contributed by atoms with van der Waals surface area (Å²) < 4.78 is 7.31. The van der Waals surface area contributed by atoms with E-state index in [1.165, 1.54) is 0 Å². The van der Waals surface area contributed by atoms with Crippen molar-refractivity contribution in [2.24, 2.45) is 7.05 Å². The van der Waals surface area contributed by atoms with E-state index < -0.39 is 0 Å². The number of aromatic nitrogens is 2. The fourth-order valence-electron chi connectivity index (χ4n) is 2.66. The Morgan fingerprint density at radius 1 is 1.35 bits per heavy atom. The Kier molecular flexibility index (Phi) is 3.77. The number of rotatable bonds is 3. The molecule has 23 heavy (non-hydrogen) atoms. The van der Waals surface area contributed by atoms with E-state index in [1.807, 2.05) is 6.92 Å². The Hall–Kier alpha value is -2.83. The van der Waals surface area contributed by atoms with E-state index in [4.69, 9.17) is 4.74 Å². The summed E-state index contributed by atoms with van der Waals surface area (Å²) in [5, 5.41) is 9.36. The van der Waals surface area contributed by atoms with Crippen molar-refractivity contribution in [1.29, 1.82) is 0 Å². The lowest BCUT2D eigenvalue weighted by Gasteiger charge is -2.10. The van der Waals surface area contributed by atoms with Crippen LogP contribution in [0, 0.1) is 0 Å². The molecule has 0 radical (unpaired) electrons. The molecular formula is C16H18N4O3. The van der Waals surface area contributed by atoms with Gasteiger partial charge >= 0.3 is 0 Å². The molecule has 0 aliphatic carbocycles. The number of hydrogen-bond acceptors (Lipinski definition) is 4. The van der Waals surface area contributed by atoms with Crippen LogP contribution < -0.4 is 15.4 Å². The molecule has 1 aromatic carbocycles. The number of carbonyl (C=O) groups excluding carboxylic acids is 2. The van der Waals surface area contributed by atoms with E-state index >= 15 is 0 Å². The SMILES string of the molecule is CNC(=O)c1cc(C(=O)Nc2cnn(C)c2)cc2c1OC(C)C2. The smallest absolute Gasteiger partial charge is 0.255 e. The monoisotopic (exact) mass is 314 g/mol. The summed E-state index contributed by atoms with van der Waals surface area (Å²) in [4.78, 5) is 24.5. The second kappa shape index (κ2) is 5.75. The number of aryl methyl sites for hydroxylation is 1. The Bertz CT molecular complexity index is 782. The molecule has 1 atom stereocenters. The quantitative estimate of drug-likeness (QED) is 0.895. The number of benzene rings is 1. The van der Waals surface area contributed by atoms with Crippen LogP contribution in [-0.4, -0.2) is 34.7 Å². The summed E-state index contributed by atoms with van der Waals surface area (Å²) in [6.45, 7) is 1.93. The third-order valence-corrected chi connectivity index (χ3v) is 3.69. The zero-order valence-corrected chi connectivity index (χ0v) is 13.2. The Morgan fingerprint density at radius 2 is 2.13 bits per heavy atom. The molecule has 2 N–H and O–H groups in total. The van der Waals surface area contributed by atoms with Crippen molar-refractivity contribution in [3.8, 4) is 5.75 Å². The minimum Gasteiger partial charge on any atom is -0.489 e. The molecule has 7 nitrogen and oxygen atoms in total. The zero-order valence-electron chi connectivity index (χ0n) is 13.2. The maximum Gasteiger partial charge on any atom is 0.255 e. The molecule has 0 bridgehead atoms. The lowest BCUT2D eigenvalue weighted by atomic mass is 10.0. The van der Waals surface area contributed by atoms with Crippen molar-refractivity contribution in [3.63, 3.8) is 0 Å². The van der Waals surface area contributed by atoms with Crippen LogP contribution in [0.1, 0.15) is 33.2 Å². The molecule has 120 valence electrons. The number of carbonyl (C=O) groups is 2. The van der Waals surface area contributed by atoms with Crippen molar-refractivity contribution < 1.29 is 14.3 Å². The Morgan fingerprint density at radius 3 is 2.78 bits per heavy atom. The predicted octanol–water partition coefficient (Wildman–Crippen LogP) is 1.36. The van der Waals surface area contributed by atoms with E-state index in [9.17, 15) is 9.59 Å². The first-order chi connectivity index (χ1) is 11.0. The highest BCUT2D eigenvalue weighted by molar-refractivity contribution is 6.07. The summed E-state index contributed by atoms with van der Waals surface area (Å²) >= 11 is 0. The minimum atomic E-state index is -0.287. The van der Waals surface area contributed by atoms with Crippen LogP contribution in [0.4, 0.5) is 5.69 Å². The van der Waals surface area contributed by atoms with E-state index in [0.717, 1.165) is 5.56 Å². The third kappa shape index (κ3) is 2.90. The normalized spacial score (nSPS) is 15.7. The molecule has 1 aliphatic rings. The van der Waals surface area contributed by atoms with Crippen LogP contribution in [0.5, 0.6) is 5.75 Å². The second-order valence-electron chi connectivity index (χ2n) is 5.58. The first kappa shape index (κ1) is 15.1. The first-order valence-corrected chi connectivity index (χ1v) is 7.33. The highest BCUT2D eigenvalue weighted by atomic mass is 16.5. The number of nitrogens with one attached hydrogen (secondary N) is 2. The molecular weight excluding hydrogens is 296 g/mol. The second-order valence-corrected chi connectivity index (χ2v) is 5.58. The number of anilines is 1. The Labute approximate surface area is 133 Å². The Balaban J connectivity index is 1.95. The highest BCUT2D eigenvalue weighted by Crippen LogP contribution is 2.34. The van der Waals surface area contributed by atoms with Gasteiger partial charge in [0.1, 0.15) is 11.9 Å². The predicted molar refractivity (Wildman–Crippen MR) is 84.8 cm³/mol. The molecule has 2 amide bonds. The van der Waals surface area contributed by atoms with Crippen LogP contribution in [0.2, 0.25) is 0 Å². The van der Waals surface area contributed by atoms with Crippen molar-refractivity contribution in [3.05, 3.63) is 41.2 Å². The molecule has 0 spiro atoms. The molecule has 0 saturated carbocycles. The van der Waals surface area contributed by atoms with Gasteiger partial charge in [-0.05, 0) is 24.6 Å². The molecule has 2 aromatic rings. The fourth-order valence-corrected chi connectivity index (χ4v) is 2.66. The number of hydrogen-bond donors (Lipinski definition) is 2. The molecule has 1 aromatic heterocycles. The van der Waals surface area contributed by atoms with Gasteiger partial charge in [-0.2, -0.15) is 5.10 Å². The number of nitrogens with zero attached hydrogens (tertiary/aromatic N) is 2. The van der Waals surface area contributed by atoms with Crippen molar-refractivity contribution in [2.75, 3.05) is 12.4 Å². The largest absolute Gasteiger partial charge is 0.489 e. The van der Waals surface area contributed by atoms with Gasteiger partial charge in [0.15, 0.2) is 0 Å². The fraction of sp³-hybridized carbons (Fsp3) is 0.312. The van der Waals surface area contributed by atoms with Gasteiger partial charge in [-0.15, -0.1) is 0 Å². The maximum absolute atomic E-state index is 12.4. The van der Waals surface area contributed by atoms with Gasteiger partial charge in [-0.1, -0.05) is 0 Å². The van der Waals surface area contributed by atoms with E-state index in [2.05, 4.69) is 15.7 Å². The molecule has 2 heterocycles. The van der Waals surface area contributed by atoms with Gasteiger partial charge in [0.05, 0.1) is 17.4 Å². The molecule has 1 unspecified atom stereocenters. The highest BCUT2D eigenvalue weighted by Gasteiger charge is 2.27. The van der Waals surface area contributed by atoms with E-state index in [0.29, 0.717) is 29.0 Å². The standard InChI is InChI=1S/C16H18N4O3/c1-9-4-10-5-11(6-13(14(10)23-9)16(22)17-2)15(21)19-12-7-18-20(3)8-12/h5-9H,4H2,1-3H3,(H,17,22)(H,19,21). The topological polar surface area (TPSA) is 85.3 Å². The number of amides is 2. The average molecular weight is 314 g/mol. The third-order valence-electron chi connectivity index (χ3n) is 3.69. The van der Waals surface area contributed by atoms with E-state index in [-0.39, 0.29) is 17.9 Å². The summed E-state index contributed by atoms with van der Waals surface area (Å²) in [7, 11) is 3.32. The maximum atomic E-state index is 12.4. The lowest BCUT2D eigenvalue weighted by Crippen LogP contribution is -2.20. The molecule has 0 saturated heterocycles. The zero-order chi connectivity index (χ0) is 16.6. The average Bonchev–Trinajstić information content (AvgIpc) is 3.09. The van der Waals surface area contributed by atoms with Crippen LogP contribution in [0.3, 0.4) is 0 Å². The summed E-state index contributed by atoms with van der Waals surface area (Å²) in [6, 6.07) is 3.33. The van der Waals surface area contributed by atoms with Crippen LogP contribution in [0.25, 0.3) is 0 Å². The van der Waals surface area contributed by atoms with Crippen molar-refractivity contribution in [2.45, 2.75) is 19.4 Å². The first-order valence-electron chi connectivity index (χ1n) is 7.33. The van der Waals surface area contributed by atoms with Gasteiger partial charge < -0.3 is 15.4 Å². The summed E-state index contributed by atoms with van der Waals surface area (Å²) in [6.07, 6.45) is 3.93. The lowest BCUT2D eigenvalue weighted by molar-refractivity contribution is 0.0958. The summed E-state index contributed by atoms with van der Waals surface area (Å²) in [5.41, 5.74) is 2.27. The van der Waals surface area contributed by atoms with E-state index in [1.54, 1.807) is 43.3 Å². The van der Waals surface area contributed by atoms with Gasteiger partial charge in [0, 0.05) is 32.3 Å². The van der Waals surface area contributed by atoms with Gasteiger partial charge in [-0.3, -0.25) is 14.3 Å². The van der Waals surface area contributed by atoms with Gasteiger partial charge in [0.2, 0.25) is 0 Å². The van der Waals surface area contributed by atoms with Crippen LogP contribution in [0.15, 0.2) is 24.5 Å². The molecule has 3 rings (SSSR count). The minimum absolute atomic E-state index is 0.00922. The molecule has 1 aliphatic heterocycles. The number of ether oxygens (including phenoxy) is 1. The van der Waals surface area contributed by atoms with Crippen LogP contribution in [-0.2, 0) is 13.5 Å². The van der Waals surface area contributed by atoms with Crippen LogP contribution >= 0.6 is 0 Å². The summed E-state index contributed by atoms with van der Waals surface area (Å²) in [5.74, 6) is 0.00617. The molecule has 7 heteroatoms. The van der Waals surface area contributed by atoms with Crippen molar-refractivity contribution >= 4 is 17.5 Å². The number of fused-ring (bicyclic) bond motifs is 1. The van der Waals surface area contributed by atoms with Crippen molar-refractivity contribution in [1.82, 2.24) is 15.1 Å². The molecule has 0 fully saturated rings. The van der Waals surface area contributed by atoms with Gasteiger partial charge in [-0.25, -0.2) is 0 Å². The van der Waals surface area contributed by atoms with Gasteiger partial charge in [0.25, 0.3) is 11.8 Å².